The topological polar surface area (TPSA) is 44.2 Å². The molecule has 0 radical (unpaired) electrons. The molecule has 0 aliphatic carbocycles. The standard InChI is InChI=1S/C22H12N2O2.2ClH.2Pt/c1-3-13-23-21(11-1)25-19-9-5-7-17(15-19)18-8-6-10-20(16-18)26-22-12-2-4-14-24-22;;;;/h1-6,9-14H;2*1H;;/q-4;;;2*+1/p-2. The van der Waals surface area contributed by atoms with Gasteiger partial charge in [-0.3, -0.25) is 12.1 Å². The minimum atomic E-state index is 0.501. The number of rotatable bonds is 5. The molecule has 0 saturated carbocycles. The van der Waals surface area contributed by atoms with Crippen LogP contribution in [-0.2, 0) is 37.5 Å². The van der Waals surface area contributed by atoms with Crippen molar-refractivity contribution in [1.82, 2.24) is 9.97 Å². The Bertz CT molecular complexity index is 927. The number of aromatic nitrogens is 2. The molecule has 160 valence electrons. The number of hydrogen-bond donors (Lipinski definition) is 0. The second-order valence-corrected chi connectivity index (χ2v) is 5.22. The van der Waals surface area contributed by atoms with Crippen LogP contribution in [0.1, 0.15) is 0 Å². The van der Waals surface area contributed by atoms with Gasteiger partial charge in [-0.2, -0.15) is 12.1 Å². The summed E-state index contributed by atoms with van der Waals surface area (Å²) in [6, 6.07) is 30.5. The van der Waals surface area contributed by atoms with E-state index < -0.39 is 0 Å². The molecule has 2 aromatic carbocycles. The third-order valence-electron chi connectivity index (χ3n) is 3.38. The fraction of sp³-hybridized carbons (Fsp3) is 0. The van der Waals surface area contributed by atoms with Gasteiger partial charge < -0.3 is 44.9 Å². The number of hydrogen-bond acceptors (Lipinski definition) is 4. The number of ether oxygens (including phenoxy) is 2. The van der Waals surface area contributed by atoms with Gasteiger partial charge in [0, 0.05) is 24.5 Å². The summed E-state index contributed by atoms with van der Waals surface area (Å²) < 4.78 is 11.4. The minimum Gasteiger partial charge on any atom is -0.480 e. The number of halogens is 2. The molecule has 0 bridgehead atoms. The van der Waals surface area contributed by atoms with Gasteiger partial charge >= 0.3 is 56.4 Å². The van der Waals surface area contributed by atoms with Gasteiger partial charge in [0.2, 0.25) is 11.8 Å². The van der Waals surface area contributed by atoms with Crippen molar-refractivity contribution in [2.75, 3.05) is 0 Å². The van der Waals surface area contributed by atoms with Gasteiger partial charge in [0.15, 0.2) is 0 Å². The van der Waals surface area contributed by atoms with E-state index in [4.69, 9.17) is 9.47 Å². The van der Waals surface area contributed by atoms with Crippen LogP contribution in [0.15, 0.2) is 73.1 Å². The molecule has 30 heavy (non-hydrogen) atoms. The van der Waals surface area contributed by atoms with Crippen LogP contribution in [0, 0.1) is 24.3 Å². The van der Waals surface area contributed by atoms with Gasteiger partial charge in [0.05, 0.1) is 0 Å². The predicted octanol–water partition coefficient (Wildman–Crippen LogP) is 6.30. The second-order valence-electron chi connectivity index (χ2n) is 5.22. The molecule has 0 atom stereocenters. The van der Waals surface area contributed by atoms with E-state index in [2.05, 4.69) is 53.1 Å². The van der Waals surface area contributed by atoms with E-state index in [9.17, 15) is 0 Å². The monoisotopic (exact) mass is 796 g/mol. The van der Waals surface area contributed by atoms with Gasteiger partial charge in [0.25, 0.3) is 0 Å². The van der Waals surface area contributed by atoms with Crippen LogP contribution in [0.3, 0.4) is 0 Å². The number of pyridine rings is 2. The van der Waals surface area contributed by atoms with E-state index in [1.165, 1.54) is 0 Å². The average Bonchev–Trinajstić information content (AvgIpc) is 2.83. The van der Waals surface area contributed by atoms with Crippen LogP contribution >= 0.6 is 18.8 Å². The first-order chi connectivity index (χ1) is 14.9. The number of benzene rings is 2. The first-order valence-electron chi connectivity index (χ1n) is 8.17. The molecule has 0 saturated heterocycles. The zero-order valence-corrected chi connectivity index (χ0v) is 21.1. The minimum absolute atomic E-state index is 0.501. The zero-order chi connectivity index (χ0) is 21.6. The first kappa shape index (κ1) is 24.6. The summed E-state index contributed by atoms with van der Waals surface area (Å²) in [5.41, 5.74) is 1.34. The average molecular weight is 797 g/mol. The Morgan fingerprint density at radius 3 is 1.43 bits per heavy atom. The van der Waals surface area contributed by atoms with Crippen molar-refractivity contribution in [1.29, 1.82) is 0 Å². The van der Waals surface area contributed by atoms with Crippen LogP contribution in [0.5, 0.6) is 23.3 Å². The SMILES string of the molecule is [Cl][Pt].[Cl][Pt].[c-]1ccc(Oc2ccccn2)[c-]c1-c1[c-]ccc(Oc2ccccn2)[c-]1. The van der Waals surface area contributed by atoms with Crippen LogP contribution in [0.4, 0.5) is 0 Å². The summed E-state index contributed by atoms with van der Waals surface area (Å²) in [7, 11) is 9.22. The molecular weight excluding hydrogens is 785 g/mol. The van der Waals surface area contributed by atoms with Crippen molar-refractivity contribution < 1.29 is 47.0 Å². The summed E-state index contributed by atoms with van der Waals surface area (Å²) in [5.74, 6) is 2.08. The molecule has 0 fully saturated rings. The smallest absolute Gasteiger partial charge is 0.215 e. The first-order valence-corrected chi connectivity index (χ1v) is 13.8. The van der Waals surface area contributed by atoms with Gasteiger partial charge in [-0.25, -0.2) is 9.97 Å². The Labute approximate surface area is 206 Å². The van der Waals surface area contributed by atoms with Crippen molar-refractivity contribution in [3.8, 4) is 34.4 Å². The molecule has 4 rings (SSSR count). The molecule has 2 aromatic heterocycles. The fourth-order valence-electron chi connectivity index (χ4n) is 2.23. The molecule has 4 nitrogen and oxygen atoms in total. The van der Waals surface area contributed by atoms with Crippen molar-refractivity contribution in [2.24, 2.45) is 0 Å². The summed E-state index contributed by atoms with van der Waals surface area (Å²) >= 11 is 3.22. The molecule has 4 aromatic rings. The summed E-state index contributed by atoms with van der Waals surface area (Å²) in [5, 5.41) is 0. The Hall–Kier alpha value is -1.70. The molecule has 8 heteroatoms. The maximum atomic E-state index is 5.71. The van der Waals surface area contributed by atoms with Crippen LogP contribution < -0.4 is 9.47 Å². The van der Waals surface area contributed by atoms with Gasteiger partial charge in [-0.1, -0.05) is 23.6 Å². The largest absolute Gasteiger partial charge is 0.480 e. The van der Waals surface area contributed by atoms with Gasteiger partial charge in [-0.05, 0) is 12.1 Å². The zero-order valence-electron chi connectivity index (χ0n) is 15.0. The molecule has 0 spiro atoms. The van der Waals surface area contributed by atoms with E-state index >= 15 is 0 Å². The molecular formula is C22H12Cl2N2O2Pt2-4. The molecule has 0 aliphatic rings. The van der Waals surface area contributed by atoms with E-state index in [1.807, 2.05) is 24.3 Å². The summed E-state index contributed by atoms with van der Waals surface area (Å²) in [6.45, 7) is 0. The van der Waals surface area contributed by atoms with Crippen LogP contribution in [0.25, 0.3) is 11.1 Å². The molecule has 0 unspecified atom stereocenters. The van der Waals surface area contributed by atoms with Crippen LogP contribution in [0.2, 0.25) is 0 Å². The summed E-state index contributed by atoms with van der Waals surface area (Å²) in [4.78, 5) is 8.28. The normalized spacial score (nSPS) is 9.40. The van der Waals surface area contributed by atoms with Crippen molar-refractivity contribution in [3.63, 3.8) is 0 Å². The van der Waals surface area contributed by atoms with Crippen molar-refractivity contribution >= 4 is 18.8 Å². The third kappa shape index (κ3) is 7.85. The van der Waals surface area contributed by atoms with E-state index in [0.717, 1.165) is 0 Å². The quantitative estimate of drug-likeness (QED) is 0.223. The third-order valence-corrected chi connectivity index (χ3v) is 3.38. The maximum Gasteiger partial charge on any atom is 0.215 e. The van der Waals surface area contributed by atoms with Crippen LogP contribution in [-0.4, -0.2) is 9.97 Å². The Balaban J connectivity index is 0.000000757. The molecule has 0 aliphatic heterocycles. The van der Waals surface area contributed by atoms with E-state index in [1.54, 1.807) is 86.3 Å². The van der Waals surface area contributed by atoms with Crippen molar-refractivity contribution in [3.05, 3.63) is 97.3 Å². The maximum absolute atomic E-state index is 5.71. The Morgan fingerprint density at radius 1 is 0.633 bits per heavy atom. The molecule has 0 N–H and O–H groups in total. The predicted molar refractivity (Wildman–Crippen MR) is 108 cm³/mol. The van der Waals surface area contributed by atoms with Crippen molar-refractivity contribution in [2.45, 2.75) is 0 Å². The summed E-state index contributed by atoms with van der Waals surface area (Å²) in [6.07, 6.45) is 3.34. The molecule has 0 amide bonds. The van der Waals surface area contributed by atoms with Gasteiger partial charge in [0.1, 0.15) is 0 Å². The number of nitrogens with zero attached hydrogens (tertiary/aromatic N) is 2. The second kappa shape index (κ2) is 14.3. The van der Waals surface area contributed by atoms with E-state index in [-0.39, 0.29) is 0 Å². The van der Waals surface area contributed by atoms with E-state index in [0.29, 0.717) is 34.4 Å². The molecule has 2 heterocycles. The Morgan fingerprint density at radius 2 is 1.07 bits per heavy atom. The fourth-order valence-corrected chi connectivity index (χ4v) is 2.23. The van der Waals surface area contributed by atoms with Gasteiger partial charge in [-0.15, -0.1) is 0 Å². The Kier molecular flexibility index (Phi) is 11.7.